The standard InChI is InChI=1S/C19H19F3N2O5S2/c1-29-18(26)16-13-7-4-8-14(13)30-17(16)23-15(25)10-24(31(2,27)28)12-6-3-5-11(9-12)19(20,21)22/h3,5-6,9H,4,7-8,10H2,1-2H3,(H,23,25). The van der Waals surface area contributed by atoms with Crippen molar-refractivity contribution in [3.63, 3.8) is 0 Å². The Labute approximate surface area is 180 Å². The normalized spacial score (nSPS) is 13.6. The maximum absolute atomic E-state index is 13.0. The number of aryl methyl sites for hydroxylation is 1. The topological polar surface area (TPSA) is 92.8 Å². The van der Waals surface area contributed by atoms with Gasteiger partial charge >= 0.3 is 12.1 Å². The fourth-order valence-electron chi connectivity index (χ4n) is 3.34. The molecule has 0 fully saturated rings. The van der Waals surface area contributed by atoms with Gasteiger partial charge in [-0.3, -0.25) is 9.10 Å². The molecule has 1 heterocycles. The molecule has 31 heavy (non-hydrogen) atoms. The van der Waals surface area contributed by atoms with Crippen molar-refractivity contribution in [3.8, 4) is 0 Å². The fraction of sp³-hybridized carbons (Fsp3) is 0.368. The van der Waals surface area contributed by atoms with Gasteiger partial charge in [0.2, 0.25) is 15.9 Å². The molecule has 0 saturated carbocycles. The van der Waals surface area contributed by atoms with E-state index < -0.39 is 40.2 Å². The number of alkyl halides is 3. The van der Waals surface area contributed by atoms with Crippen molar-refractivity contribution < 1.29 is 35.9 Å². The molecule has 12 heteroatoms. The van der Waals surface area contributed by atoms with Crippen molar-refractivity contribution in [2.24, 2.45) is 0 Å². The van der Waals surface area contributed by atoms with E-state index in [-0.39, 0.29) is 16.3 Å². The summed E-state index contributed by atoms with van der Waals surface area (Å²) < 4.78 is 68.9. The number of esters is 1. The van der Waals surface area contributed by atoms with Crippen LogP contribution in [0.15, 0.2) is 24.3 Å². The van der Waals surface area contributed by atoms with E-state index >= 15 is 0 Å². The van der Waals surface area contributed by atoms with Gasteiger partial charge < -0.3 is 10.1 Å². The van der Waals surface area contributed by atoms with E-state index in [1.807, 2.05) is 0 Å². The number of ether oxygens (including phenoxy) is 1. The molecule has 7 nitrogen and oxygen atoms in total. The number of amides is 1. The highest BCUT2D eigenvalue weighted by Gasteiger charge is 2.32. The number of halogens is 3. The highest BCUT2D eigenvalue weighted by molar-refractivity contribution is 7.92. The van der Waals surface area contributed by atoms with Crippen LogP contribution in [0.25, 0.3) is 0 Å². The van der Waals surface area contributed by atoms with Crippen LogP contribution >= 0.6 is 11.3 Å². The number of hydrogen-bond donors (Lipinski definition) is 1. The lowest BCUT2D eigenvalue weighted by Crippen LogP contribution is -2.37. The first-order valence-electron chi connectivity index (χ1n) is 9.09. The molecule has 1 N–H and O–H groups in total. The highest BCUT2D eigenvalue weighted by Crippen LogP contribution is 2.39. The van der Waals surface area contributed by atoms with E-state index in [9.17, 15) is 31.2 Å². The number of nitrogens with one attached hydrogen (secondary N) is 1. The lowest BCUT2D eigenvalue weighted by molar-refractivity contribution is -0.137. The predicted octanol–water partition coefficient (Wildman–Crippen LogP) is 3.45. The van der Waals surface area contributed by atoms with Crippen molar-refractivity contribution in [3.05, 3.63) is 45.8 Å². The van der Waals surface area contributed by atoms with Crippen molar-refractivity contribution in [2.75, 3.05) is 29.5 Å². The van der Waals surface area contributed by atoms with E-state index in [0.717, 1.165) is 41.7 Å². The average Bonchev–Trinajstić information content (AvgIpc) is 3.24. The number of fused-ring (bicyclic) bond motifs is 1. The highest BCUT2D eigenvalue weighted by atomic mass is 32.2. The van der Waals surface area contributed by atoms with Gasteiger partial charge in [-0.05, 0) is 43.0 Å². The number of carbonyl (C=O) groups is 2. The van der Waals surface area contributed by atoms with Gasteiger partial charge in [-0.2, -0.15) is 13.2 Å². The van der Waals surface area contributed by atoms with Gasteiger partial charge in [0.25, 0.3) is 0 Å². The molecule has 2 aromatic rings. The van der Waals surface area contributed by atoms with Crippen molar-refractivity contribution in [2.45, 2.75) is 25.4 Å². The first kappa shape index (κ1) is 23.1. The lowest BCUT2D eigenvalue weighted by Gasteiger charge is -2.22. The zero-order valence-electron chi connectivity index (χ0n) is 16.6. The molecular formula is C19H19F3N2O5S2. The van der Waals surface area contributed by atoms with Crippen LogP contribution < -0.4 is 9.62 Å². The Balaban J connectivity index is 1.88. The van der Waals surface area contributed by atoms with E-state index in [0.29, 0.717) is 16.8 Å². The maximum Gasteiger partial charge on any atom is 0.416 e. The second-order valence-electron chi connectivity index (χ2n) is 6.92. The van der Waals surface area contributed by atoms with Crippen LogP contribution in [0.5, 0.6) is 0 Å². The number of methoxy groups -OCH3 is 1. The van der Waals surface area contributed by atoms with Gasteiger partial charge in [0.15, 0.2) is 0 Å². The van der Waals surface area contributed by atoms with Crippen molar-refractivity contribution in [1.82, 2.24) is 0 Å². The summed E-state index contributed by atoms with van der Waals surface area (Å²) in [4.78, 5) is 25.8. The molecule has 168 valence electrons. The molecule has 1 amide bonds. The van der Waals surface area contributed by atoms with Crippen LogP contribution in [-0.4, -0.2) is 40.2 Å². The van der Waals surface area contributed by atoms with Crippen LogP contribution in [0.4, 0.5) is 23.9 Å². The van der Waals surface area contributed by atoms with Crippen molar-refractivity contribution in [1.29, 1.82) is 0 Å². The number of benzene rings is 1. The van der Waals surface area contributed by atoms with Gasteiger partial charge in [-0.25, -0.2) is 13.2 Å². The van der Waals surface area contributed by atoms with Gasteiger partial charge in [0.05, 0.1) is 30.2 Å². The average molecular weight is 476 g/mol. The summed E-state index contributed by atoms with van der Waals surface area (Å²) in [5, 5.41) is 2.76. The quantitative estimate of drug-likeness (QED) is 0.645. The number of hydrogen-bond acceptors (Lipinski definition) is 6. The third kappa shape index (κ3) is 5.01. The Morgan fingerprint density at radius 3 is 2.58 bits per heavy atom. The molecule has 1 aromatic heterocycles. The summed E-state index contributed by atoms with van der Waals surface area (Å²) in [6.45, 7) is -0.761. The molecule has 1 aliphatic rings. The molecular weight excluding hydrogens is 457 g/mol. The molecule has 1 aliphatic carbocycles. The van der Waals surface area contributed by atoms with Gasteiger partial charge in [-0.15, -0.1) is 11.3 Å². The summed E-state index contributed by atoms with van der Waals surface area (Å²) >= 11 is 1.21. The second-order valence-corrected chi connectivity index (χ2v) is 9.93. The molecule has 3 rings (SSSR count). The third-order valence-electron chi connectivity index (χ3n) is 4.71. The minimum Gasteiger partial charge on any atom is -0.465 e. The smallest absolute Gasteiger partial charge is 0.416 e. The van der Waals surface area contributed by atoms with Gasteiger partial charge in [-0.1, -0.05) is 6.07 Å². The monoisotopic (exact) mass is 476 g/mol. The van der Waals surface area contributed by atoms with Crippen LogP contribution in [0.3, 0.4) is 0 Å². The fourth-order valence-corrected chi connectivity index (χ4v) is 5.49. The SMILES string of the molecule is COC(=O)c1c(NC(=O)CN(c2cccc(C(F)(F)F)c2)S(C)(=O)=O)sc2c1CCC2. The van der Waals surface area contributed by atoms with E-state index in [1.54, 1.807) is 0 Å². The number of anilines is 2. The second kappa shape index (κ2) is 8.50. The summed E-state index contributed by atoms with van der Waals surface area (Å²) in [7, 11) is -2.86. The Hall–Kier alpha value is -2.60. The summed E-state index contributed by atoms with van der Waals surface area (Å²) in [5.41, 5.74) is -0.306. The van der Waals surface area contributed by atoms with Crippen LogP contribution in [0.1, 0.15) is 32.8 Å². The Kier molecular flexibility index (Phi) is 6.33. The largest absolute Gasteiger partial charge is 0.465 e. The summed E-state index contributed by atoms with van der Waals surface area (Å²) in [6, 6.07) is 3.70. The molecule has 0 spiro atoms. The zero-order valence-corrected chi connectivity index (χ0v) is 18.2. The number of carbonyl (C=O) groups excluding carboxylic acids is 2. The number of rotatable bonds is 6. The Morgan fingerprint density at radius 2 is 1.97 bits per heavy atom. The van der Waals surface area contributed by atoms with Crippen LogP contribution in [0, 0.1) is 0 Å². The third-order valence-corrected chi connectivity index (χ3v) is 7.06. The molecule has 0 atom stereocenters. The zero-order chi connectivity index (χ0) is 23.0. The van der Waals surface area contributed by atoms with Gasteiger partial charge in [0.1, 0.15) is 11.5 Å². The minimum absolute atomic E-state index is 0.235. The van der Waals surface area contributed by atoms with Crippen LogP contribution in [-0.2, 0) is 38.6 Å². The van der Waals surface area contributed by atoms with E-state index in [4.69, 9.17) is 4.74 Å². The Morgan fingerprint density at radius 1 is 1.26 bits per heavy atom. The summed E-state index contributed by atoms with van der Waals surface area (Å²) in [6.07, 6.45) is -1.60. The maximum atomic E-state index is 13.0. The van der Waals surface area contributed by atoms with Gasteiger partial charge in [0, 0.05) is 4.88 Å². The first-order valence-corrected chi connectivity index (χ1v) is 11.8. The number of sulfonamides is 1. The molecule has 0 aliphatic heterocycles. The Bertz CT molecular complexity index is 1130. The molecule has 0 bridgehead atoms. The molecule has 0 unspecified atom stereocenters. The lowest BCUT2D eigenvalue weighted by atomic mass is 10.1. The summed E-state index contributed by atoms with van der Waals surface area (Å²) in [5.74, 6) is -1.42. The molecule has 0 saturated heterocycles. The predicted molar refractivity (Wildman–Crippen MR) is 110 cm³/mol. The molecule has 1 aromatic carbocycles. The molecule has 0 radical (unpaired) electrons. The minimum atomic E-state index is -4.67. The van der Waals surface area contributed by atoms with Crippen LogP contribution in [0.2, 0.25) is 0 Å². The van der Waals surface area contributed by atoms with E-state index in [2.05, 4.69) is 5.32 Å². The van der Waals surface area contributed by atoms with Crippen molar-refractivity contribution >= 4 is 43.9 Å². The van der Waals surface area contributed by atoms with E-state index in [1.165, 1.54) is 24.5 Å². The number of thiophene rings is 1. The first-order chi connectivity index (χ1) is 14.4. The number of nitrogens with zero attached hydrogens (tertiary/aromatic N) is 1.